The Hall–Kier alpha value is -0.960. The number of benzene rings is 1. The maximum Gasteiger partial charge on any atom is 0.218 e. The van der Waals surface area contributed by atoms with Crippen molar-refractivity contribution in [2.24, 2.45) is 0 Å². The average molecular weight is 333 g/mol. The molecule has 2 rings (SSSR count). The van der Waals surface area contributed by atoms with Crippen molar-refractivity contribution in [3.8, 4) is 0 Å². The number of nitrogens with zero attached hydrogens (tertiary/aromatic N) is 1. The van der Waals surface area contributed by atoms with E-state index in [0.29, 0.717) is 12.0 Å². The van der Waals surface area contributed by atoms with Crippen LogP contribution in [0.3, 0.4) is 0 Å². The summed E-state index contributed by atoms with van der Waals surface area (Å²) in [5.41, 5.74) is 1.34. The molecule has 1 saturated heterocycles. The van der Waals surface area contributed by atoms with E-state index in [1.807, 2.05) is 0 Å². The third kappa shape index (κ3) is 4.50. The first-order valence-electron chi connectivity index (χ1n) is 6.69. The zero-order chi connectivity index (χ0) is 15.5. The monoisotopic (exact) mass is 333 g/mol. The molecule has 0 radical (unpaired) electrons. The third-order valence-electron chi connectivity index (χ3n) is 3.46. The predicted molar refractivity (Wildman–Crippen MR) is 79.8 cm³/mol. The van der Waals surface area contributed by atoms with Crippen molar-refractivity contribution in [3.63, 3.8) is 0 Å². The zero-order valence-electron chi connectivity index (χ0n) is 11.6. The summed E-state index contributed by atoms with van der Waals surface area (Å²) in [6.45, 7) is 0.187. The minimum absolute atomic E-state index is 0.0272. The fraction of sp³-hybridized carbons (Fsp3) is 0.538. The van der Waals surface area contributed by atoms with Crippen molar-refractivity contribution < 1.29 is 21.9 Å². The van der Waals surface area contributed by atoms with Gasteiger partial charge in [-0.25, -0.2) is 21.1 Å². The predicted octanol–water partition coefficient (Wildman–Crippen LogP) is 0.129. The highest BCUT2D eigenvalue weighted by molar-refractivity contribution is 7.91. The summed E-state index contributed by atoms with van der Waals surface area (Å²) < 4.78 is 49.0. The molecule has 0 unspecified atom stereocenters. The second kappa shape index (κ2) is 6.43. The Bertz CT molecular complexity index is 680. The molecular formula is C13H19NO5S2. The maximum atomic E-state index is 12.4. The van der Waals surface area contributed by atoms with E-state index >= 15 is 0 Å². The minimum Gasteiger partial charge on any atom is -0.392 e. The topological polar surface area (TPSA) is 91.8 Å². The number of aliphatic hydroxyl groups is 1. The maximum absolute atomic E-state index is 12.4. The van der Waals surface area contributed by atoms with Gasteiger partial charge in [-0.1, -0.05) is 24.3 Å². The van der Waals surface area contributed by atoms with Crippen LogP contribution in [0.1, 0.15) is 17.5 Å². The largest absolute Gasteiger partial charge is 0.392 e. The summed E-state index contributed by atoms with van der Waals surface area (Å²) in [5, 5.41) is 8.96. The number of rotatable bonds is 4. The van der Waals surface area contributed by atoms with E-state index in [1.54, 1.807) is 24.3 Å². The molecule has 0 saturated carbocycles. The van der Waals surface area contributed by atoms with Crippen LogP contribution in [0.4, 0.5) is 0 Å². The van der Waals surface area contributed by atoms with E-state index in [0.717, 1.165) is 5.56 Å². The number of sulfonamides is 1. The molecule has 0 aromatic heterocycles. The number of hydrogen-bond acceptors (Lipinski definition) is 5. The summed E-state index contributed by atoms with van der Waals surface area (Å²) in [4.78, 5) is 0. The fourth-order valence-corrected chi connectivity index (χ4v) is 5.20. The average Bonchev–Trinajstić information content (AvgIpc) is 2.60. The fourth-order valence-electron chi connectivity index (χ4n) is 2.24. The van der Waals surface area contributed by atoms with E-state index in [1.165, 1.54) is 4.31 Å². The molecule has 0 aliphatic carbocycles. The molecule has 1 heterocycles. The van der Waals surface area contributed by atoms with Crippen LogP contribution in [0.2, 0.25) is 0 Å². The van der Waals surface area contributed by atoms with Crippen LogP contribution in [0.15, 0.2) is 24.3 Å². The Morgan fingerprint density at radius 3 is 2.29 bits per heavy atom. The van der Waals surface area contributed by atoms with Gasteiger partial charge in [0.2, 0.25) is 10.0 Å². The van der Waals surface area contributed by atoms with Gasteiger partial charge in [0.05, 0.1) is 23.9 Å². The van der Waals surface area contributed by atoms with Crippen molar-refractivity contribution in [2.75, 3.05) is 24.6 Å². The van der Waals surface area contributed by atoms with Gasteiger partial charge in [0.25, 0.3) is 0 Å². The van der Waals surface area contributed by atoms with Crippen LogP contribution in [0.25, 0.3) is 0 Å². The van der Waals surface area contributed by atoms with Gasteiger partial charge in [-0.05, 0) is 17.5 Å². The number of sulfone groups is 1. The lowest BCUT2D eigenvalue weighted by Gasteiger charge is -2.19. The molecule has 1 aliphatic heterocycles. The van der Waals surface area contributed by atoms with Crippen LogP contribution in [0, 0.1) is 0 Å². The van der Waals surface area contributed by atoms with Crippen LogP contribution >= 0.6 is 0 Å². The van der Waals surface area contributed by atoms with Crippen molar-refractivity contribution in [3.05, 3.63) is 35.4 Å². The Labute approximate surface area is 125 Å². The van der Waals surface area contributed by atoms with Gasteiger partial charge in [-0.2, -0.15) is 0 Å². The summed E-state index contributed by atoms with van der Waals surface area (Å²) in [5.74, 6) is -0.224. The molecule has 0 amide bonds. The molecule has 0 atom stereocenters. The van der Waals surface area contributed by atoms with Crippen molar-refractivity contribution >= 4 is 19.9 Å². The van der Waals surface area contributed by atoms with Gasteiger partial charge in [-0.15, -0.1) is 0 Å². The first-order chi connectivity index (χ1) is 9.82. The van der Waals surface area contributed by atoms with Crippen molar-refractivity contribution in [1.29, 1.82) is 0 Å². The van der Waals surface area contributed by atoms with Gasteiger partial charge in [0.1, 0.15) is 0 Å². The first-order valence-corrected chi connectivity index (χ1v) is 10.1. The third-order valence-corrected chi connectivity index (χ3v) is 7.03. The van der Waals surface area contributed by atoms with Gasteiger partial charge < -0.3 is 5.11 Å². The molecule has 118 valence electrons. The molecule has 0 bridgehead atoms. The summed E-state index contributed by atoms with van der Waals surface area (Å²) in [6.07, 6.45) is 0.338. The second-order valence-electron chi connectivity index (χ2n) is 5.14. The Morgan fingerprint density at radius 2 is 1.67 bits per heavy atom. The van der Waals surface area contributed by atoms with Crippen LogP contribution in [0.5, 0.6) is 0 Å². The highest BCUT2D eigenvalue weighted by Crippen LogP contribution is 2.15. The zero-order valence-corrected chi connectivity index (χ0v) is 13.2. The van der Waals surface area contributed by atoms with E-state index in [4.69, 9.17) is 5.11 Å². The van der Waals surface area contributed by atoms with Gasteiger partial charge in [0.15, 0.2) is 9.84 Å². The van der Waals surface area contributed by atoms with E-state index in [-0.39, 0.29) is 37.0 Å². The normalized spacial score (nSPS) is 20.0. The first kappa shape index (κ1) is 16.4. The highest BCUT2D eigenvalue weighted by atomic mass is 32.2. The van der Waals surface area contributed by atoms with Crippen molar-refractivity contribution in [2.45, 2.75) is 18.8 Å². The smallest absolute Gasteiger partial charge is 0.218 e. The van der Waals surface area contributed by atoms with Crippen LogP contribution in [-0.4, -0.2) is 50.8 Å². The molecule has 6 nitrogen and oxygen atoms in total. The lowest BCUT2D eigenvalue weighted by Crippen LogP contribution is -2.34. The van der Waals surface area contributed by atoms with E-state index in [2.05, 4.69) is 0 Å². The molecular weight excluding hydrogens is 314 g/mol. The second-order valence-corrected chi connectivity index (χ2v) is 9.41. The Balaban J connectivity index is 2.10. The van der Waals surface area contributed by atoms with E-state index < -0.39 is 19.9 Å². The van der Waals surface area contributed by atoms with Crippen LogP contribution < -0.4 is 0 Å². The molecule has 8 heteroatoms. The van der Waals surface area contributed by atoms with Gasteiger partial charge in [0, 0.05) is 13.1 Å². The van der Waals surface area contributed by atoms with Gasteiger partial charge >= 0.3 is 0 Å². The lowest BCUT2D eigenvalue weighted by atomic mass is 10.2. The molecule has 0 spiro atoms. The van der Waals surface area contributed by atoms with Gasteiger partial charge in [-0.3, -0.25) is 0 Å². The molecule has 1 N–H and O–H groups in total. The van der Waals surface area contributed by atoms with Crippen LogP contribution in [-0.2, 0) is 32.2 Å². The lowest BCUT2D eigenvalue weighted by molar-refractivity contribution is 0.282. The Morgan fingerprint density at radius 1 is 1.05 bits per heavy atom. The Kier molecular flexibility index (Phi) is 5.03. The number of hydrogen-bond donors (Lipinski definition) is 1. The quantitative estimate of drug-likeness (QED) is 0.845. The molecule has 21 heavy (non-hydrogen) atoms. The summed E-state index contributed by atoms with van der Waals surface area (Å²) in [7, 11) is -6.65. The molecule has 1 aromatic rings. The minimum atomic E-state index is -3.52. The standard InChI is InChI=1S/C13H19NO5S2/c15-10-12-2-4-13(5-3-12)11-21(18,19)14-6-1-8-20(16,17)9-7-14/h2-5,15H,1,6-11H2. The highest BCUT2D eigenvalue weighted by Gasteiger charge is 2.27. The molecule has 1 aliphatic rings. The summed E-state index contributed by atoms with van der Waals surface area (Å²) in [6, 6.07) is 6.69. The van der Waals surface area contributed by atoms with Crippen molar-refractivity contribution in [1.82, 2.24) is 4.31 Å². The molecule has 1 aromatic carbocycles. The SMILES string of the molecule is O=S1(=O)CCCN(S(=O)(=O)Cc2ccc(CO)cc2)CC1. The van der Waals surface area contributed by atoms with E-state index in [9.17, 15) is 16.8 Å². The summed E-state index contributed by atoms with van der Waals surface area (Å²) >= 11 is 0. The molecule has 1 fully saturated rings. The number of aliphatic hydroxyl groups excluding tert-OH is 1.